The molecule has 4 rings (SSSR count). The molecule has 0 saturated carbocycles. The number of ketones is 1. The molecule has 1 unspecified atom stereocenters. The Hall–Kier alpha value is -3.38. The first-order valence-corrected chi connectivity index (χ1v) is 12.3. The molecular weight excluding hydrogens is 444 g/mol. The fourth-order valence-corrected chi connectivity index (χ4v) is 4.87. The van der Waals surface area contributed by atoms with Crippen LogP contribution in [0.15, 0.2) is 76.7 Å². The first-order chi connectivity index (χ1) is 16.4. The summed E-state index contributed by atoms with van der Waals surface area (Å²) in [6.45, 7) is 5.91. The van der Waals surface area contributed by atoms with Crippen LogP contribution in [0.4, 0.5) is 0 Å². The molecule has 0 aliphatic carbocycles. The van der Waals surface area contributed by atoms with Crippen molar-refractivity contribution in [2.45, 2.75) is 44.0 Å². The SMILES string of the molecule is CCC(C)c1ccc(-n2c(SCc3cc(C(C)=O)ccc3OC)nc3ccccc3c2=O)cc1. The molecule has 0 spiro atoms. The van der Waals surface area contributed by atoms with E-state index in [4.69, 9.17) is 9.72 Å². The van der Waals surface area contributed by atoms with Crippen LogP contribution in [-0.4, -0.2) is 22.4 Å². The van der Waals surface area contributed by atoms with Crippen molar-refractivity contribution in [3.8, 4) is 11.4 Å². The highest BCUT2D eigenvalue weighted by molar-refractivity contribution is 7.98. The lowest BCUT2D eigenvalue weighted by atomic mass is 9.98. The third-order valence-corrected chi connectivity index (χ3v) is 7.11. The zero-order valence-corrected chi connectivity index (χ0v) is 20.7. The van der Waals surface area contributed by atoms with Crippen LogP contribution < -0.4 is 10.3 Å². The number of aromatic nitrogens is 2. The smallest absolute Gasteiger partial charge is 0.266 e. The third-order valence-electron chi connectivity index (χ3n) is 6.12. The van der Waals surface area contributed by atoms with Crippen LogP contribution in [0.2, 0.25) is 0 Å². The highest BCUT2D eigenvalue weighted by atomic mass is 32.2. The average molecular weight is 473 g/mol. The molecule has 0 saturated heterocycles. The zero-order chi connectivity index (χ0) is 24.2. The standard InChI is InChI=1S/C28H28N2O3S/c1-5-18(2)20-10-13-23(14-11-20)30-27(32)24-8-6-7-9-25(24)29-28(30)34-17-22-16-21(19(3)31)12-15-26(22)33-4/h6-16,18H,5,17H2,1-4H3. The maximum atomic E-state index is 13.5. The van der Waals surface area contributed by atoms with Crippen LogP contribution in [0.5, 0.6) is 5.75 Å². The molecule has 1 atom stereocenters. The summed E-state index contributed by atoms with van der Waals surface area (Å²) in [6, 6.07) is 21.0. The normalized spacial score (nSPS) is 12.0. The van der Waals surface area contributed by atoms with Gasteiger partial charge in [-0.3, -0.25) is 14.2 Å². The minimum absolute atomic E-state index is 0.00367. The van der Waals surface area contributed by atoms with Gasteiger partial charge in [0.1, 0.15) is 5.75 Å². The Morgan fingerprint density at radius 2 is 1.82 bits per heavy atom. The van der Waals surface area contributed by atoms with Gasteiger partial charge < -0.3 is 4.74 Å². The van der Waals surface area contributed by atoms with E-state index >= 15 is 0 Å². The molecule has 0 aliphatic rings. The molecule has 0 fully saturated rings. The van der Waals surface area contributed by atoms with Crippen LogP contribution in [0.1, 0.15) is 54.6 Å². The second-order valence-corrected chi connectivity index (χ2v) is 9.27. The van der Waals surface area contributed by atoms with E-state index in [0.29, 0.717) is 39.0 Å². The van der Waals surface area contributed by atoms with Gasteiger partial charge in [-0.1, -0.05) is 49.9 Å². The molecule has 0 N–H and O–H groups in total. The topological polar surface area (TPSA) is 61.2 Å². The number of carbonyl (C=O) groups is 1. The van der Waals surface area contributed by atoms with Crippen molar-refractivity contribution in [3.63, 3.8) is 0 Å². The number of rotatable bonds is 8. The Labute approximate surface area is 203 Å². The largest absolute Gasteiger partial charge is 0.496 e. The van der Waals surface area contributed by atoms with Crippen molar-refractivity contribution < 1.29 is 9.53 Å². The molecule has 1 aromatic heterocycles. The van der Waals surface area contributed by atoms with Gasteiger partial charge in [-0.25, -0.2) is 4.98 Å². The van der Waals surface area contributed by atoms with Gasteiger partial charge >= 0.3 is 0 Å². The number of hydrogen-bond donors (Lipinski definition) is 0. The van der Waals surface area contributed by atoms with Crippen molar-refractivity contribution in [2.24, 2.45) is 0 Å². The first-order valence-electron chi connectivity index (χ1n) is 11.4. The van der Waals surface area contributed by atoms with Gasteiger partial charge in [0, 0.05) is 16.9 Å². The van der Waals surface area contributed by atoms with Crippen LogP contribution in [0.25, 0.3) is 16.6 Å². The number of hydrogen-bond acceptors (Lipinski definition) is 5. The van der Waals surface area contributed by atoms with E-state index in [0.717, 1.165) is 17.7 Å². The number of carbonyl (C=O) groups excluding carboxylic acids is 1. The van der Waals surface area contributed by atoms with Crippen LogP contribution in [0.3, 0.4) is 0 Å². The predicted molar refractivity (Wildman–Crippen MR) is 139 cm³/mol. The summed E-state index contributed by atoms with van der Waals surface area (Å²) in [7, 11) is 1.61. The number of para-hydroxylation sites is 1. The molecule has 0 amide bonds. The predicted octanol–water partition coefficient (Wildman–Crippen LogP) is 6.40. The number of benzene rings is 3. The monoisotopic (exact) mass is 472 g/mol. The highest BCUT2D eigenvalue weighted by Crippen LogP contribution is 2.30. The van der Waals surface area contributed by atoms with Crippen LogP contribution in [0, 0.1) is 0 Å². The molecule has 3 aromatic carbocycles. The number of methoxy groups -OCH3 is 1. The lowest BCUT2D eigenvalue weighted by Gasteiger charge is -2.16. The van der Waals surface area contributed by atoms with E-state index in [-0.39, 0.29) is 11.3 Å². The summed E-state index contributed by atoms with van der Waals surface area (Å²) >= 11 is 1.45. The van der Waals surface area contributed by atoms with Crippen LogP contribution in [-0.2, 0) is 5.75 Å². The summed E-state index contributed by atoms with van der Waals surface area (Å²) < 4.78 is 7.19. The number of thioether (sulfide) groups is 1. The molecule has 174 valence electrons. The lowest BCUT2D eigenvalue weighted by molar-refractivity contribution is 0.101. The Balaban J connectivity index is 1.79. The van der Waals surface area contributed by atoms with E-state index in [1.807, 2.05) is 42.5 Å². The van der Waals surface area contributed by atoms with E-state index in [9.17, 15) is 9.59 Å². The summed E-state index contributed by atoms with van der Waals surface area (Å²) in [5.41, 5.74) is 4.08. The second-order valence-electron chi connectivity index (χ2n) is 8.32. The fraction of sp³-hybridized carbons (Fsp3) is 0.250. The molecule has 5 nitrogen and oxygen atoms in total. The Morgan fingerprint density at radius 1 is 1.09 bits per heavy atom. The minimum Gasteiger partial charge on any atom is -0.496 e. The molecule has 6 heteroatoms. The van der Waals surface area contributed by atoms with Gasteiger partial charge in [-0.15, -0.1) is 0 Å². The van der Waals surface area contributed by atoms with E-state index < -0.39 is 0 Å². The maximum Gasteiger partial charge on any atom is 0.266 e. The molecular formula is C28H28N2O3S. The summed E-state index contributed by atoms with van der Waals surface area (Å²) in [5.74, 6) is 1.65. The second kappa shape index (κ2) is 10.3. The molecule has 4 aromatic rings. The molecule has 0 bridgehead atoms. The Kier molecular flexibility index (Phi) is 7.17. The van der Waals surface area contributed by atoms with E-state index in [1.54, 1.807) is 30.7 Å². The molecule has 34 heavy (non-hydrogen) atoms. The van der Waals surface area contributed by atoms with E-state index in [2.05, 4.69) is 26.0 Å². The molecule has 0 radical (unpaired) electrons. The van der Waals surface area contributed by atoms with Gasteiger partial charge in [-0.2, -0.15) is 0 Å². The quantitative estimate of drug-likeness (QED) is 0.169. The summed E-state index contributed by atoms with van der Waals surface area (Å²) in [4.78, 5) is 30.3. The van der Waals surface area contributed by atoms with Crippen molar-refractivity contribution >= 4 is 28.4 Å². The highest BCUT2D eigenvalue weighted by Gasteiger charge is 2.16. The zero-order valence-electron chi connectivity index (χ0n) is 19.9. The number of ether oxygens (including phenoxy) is 1. The average Bonchev–Trinajstić information content (AvgIpc) is 2.87. The van der Waals surface area contributed by atoms with Crippen molar-refractivity contribution in [2.75, 3.05) is 7.11 Å². The van der Waals surface area contributed by atoms with Gasteiger partial charge in [-0.05, 0) is 67.3 Å². The fourth-order valence-electron chi connectivity index (χ4n) is 3.88. The lowest BCUT2D eigenvalue weighted by Crippen LogP contribution is -2.21. The molecule has 1 heterocycles. The van der Waals surface area contributed by atoms with Gasteiger partial charge in [0.2, 0.25) is 0 Å². The van der Waals surface area contributed by atoms with E-state index in [1.165, 1.54) is 17.3 Å². The number of Topliss-reactive ketones (excluding diaryl/α,β-unsaturated/α-hetero) is 1. The minimum atomic E-state index is -0.103. The van der Waals surface area contributed by atoms with Crippen molar-refractivity contribution in [3.05, 3.63) is 93.8 Å². The van der Waals surface area contributed by atoms with Crippen molar-refractivity contribution in [1.29, 1.82) is 0 Å². The summed E-state index contributed by atoms with van der Waals surface area (Å²) in [5, 5.41) is 1.17. The maximum absolute atomic E-state index is 13.5. The Bertz CT molecular complexity index is 1390. The summed E-state index contributed by atoms with van der Waals surface area (Å²) in [6.07, 6.45) is 1.05. The first kappa shape index (κ1) is 23.8. The van der Waals surface area contributed by atoms with Crippen molar-refractivity contribution in [1.82, 2.24) is 9.55 Å². The van der Waals surface area contributed by atoms with Gasteiger partial charge in [0.05, 0.1) is 23.7 Å². The van der Waals surface area contributed by atoms with Crippen LogP contribution >= 0.6 is 11.8 Å². The Morgan fingerprint density at radius 3 is 2.50 bits per heavy atom. The molecule has 0 aliphatic heterocycles. The van der Waals surface area contributed by atoms with Gasteiger partial charge in [0.15, 0.2) is 10.9 Å². The van der Waals surface area contributed by atoms with Gasteiger partial charge in [0.25, 0.3) is 5.56 Å². The number of fused-ring (bicyclic) bond motifs is 1. The number of nitrogens with zero attached hydrogens (tertiary/aromatic N) is 2. The third kappa shape index (κ3) is 4.77.